The van der Waals surface area contributed by atoms with Crippen molar-refractivity contribution in [3.05, 3.63) is 59.7 Å². The number of esters is 1. The van der Waals surface area contributed by atoms with Gasteiger partial charge in [0, 0.05) is 6.42 Å². The summed E-state index contributed by atoms with van der Waals surface area (Å²) in [4.78, 5) is 28.8. The van der Waals surface area contributed by atoms with E-state index in [0.717, 1.165) is 23.4 Å². The number of carbonyl (C=O) groups is 1. The quantitative estimate of drug-likeness (QED) is 0.202. The number of carbonyl (C=O) groups excluding carboxylic acids is 1. The molecule has 0 fully saturated rings. The zero-order valence-electron chi connectivity index (χ0n) is 18.7. The third-order valence-corrected chi connectivity index (χ3v) is 5.18. The van der Waals surface area contributed by atoms with Gasteiger partial charge in [-0.05, 0) is 61.1 Å². The van der Waals surface area contributed by atoms with Crippen molar-refractivity contribution in [1.82, 2.24) is 0 Å². The molecule has 0 spiro atoms. The Morgan fingerprint density at radius 2 is 1.42 bits per heavy atom. The lowest BCUT2D eigenvalue weighted by molar-refractivity contribution is -0.147. The summed E-state index contributed by atoms with van der Waals surface area (Å²) in [5.74, 6) is -0.503. The lowest BCUT2D eigenvalue weighted by Gasteiger charge is -2.12. The van der Waals surface area contributed by atoms with Crippen molar-refractivity contribution in [2.24, 2.45) is 10.2 Å². The number of unbranched alkanes of at least 4 members (excludes halogenated alkanes) is 1. The van der Waals surface area contributed by atoms with E-state index in [2.05, 4.69) is 33.8 Å². The molecule has 180 valence electrons. The average molecular weight is 478 g/mol. The summed E-state index contributed by atoms with van der Waals surface area (Å²) >= 11 is 0. The highest BCUT2D eigenvalue weighted by atomic mass is 31.2. The summed E-state index contributed by atoms with van der Waals surface area (Å²) < 4.78 is 19.6. The summed E-state index contributed by atoms with van der Waals surface area (Å²) in [6.45, 7) is 1.17. The van der Waals surface area contributed by atoms with Gasteiger partial charge in [-0.15, -0.1) is 0 Å². The second-order valence-electron chi connectivity index (χ2n) is 7.61. The first-order valence-corrected chi connectivity index (χ1v) is 12.4. The van der Waals surface area contributed by atoms with E-state index in [4.69, 9.17) is 14.5 Å². The Hall–Kier alpha value is -2.42. The first-order chi connectivity index (χ1) is 15.7. The molecule has 3 N–H and O–H groups in total. The minimum absolute atomic E-state index is 0.155. The van der Waals surface area contributed by atoms with Gasteiger partial charge in [-0.1, -0.05) is 37.6 Å². The van der Waals surface area contributed by atoms with E-state index in [1.54, 1.807) is 0 Å². The third kappa shape index (κ3) is 11.8. The molecule has 0 saturated heterocycles. The third-order valence-electron chi connectivity index (χ3n) is 4.69. The number of aryl methyl sites for hydroxylation is 2. The number of azo groups is 1. The van der Waals surface area contributed by atoms with Crippen molar-refractivity contribution in [3.8, 4) is 0 Å². The maximum atomic E-state index is 11.7. The largest absolute Gasteiger partial charge is 0.469 e. The molecule has 0 unspecified atom stereocenters. The van der Waals surface area contributed by atoms with Crippen molar-refractivity contribution >= 4 is 25.2 Å². The van der Waals surface area contributed by atoms with E-state index in [-0.39, 0.29) is 13.0 Å². The molecule has 0 aliphatic heterocycles. The lowest BCUT2D eigenvalue weighted by Crippen LogP contribution is -2.23. The first kappa shape index (κ1) is 26.8. The van der Waals surface area contributed by atoms with Crippen LogP contribution in [-0.2, 0) is 31.5 Å². The van der Waals surface area contributed by atoms with Gasteiger partial charge in [0.2, 0.25) is 0 Å². The fourth-order valence-electron chi connectivity index (χ4n) is 2.88. The van der Waals surface area contributed by atoms with Crippen molar-refractivity contribution in [1.29, 1.82) is 0 Å². The van der Waals surface area contributed by atoms with Crippen LogP contribution >= 0.6 is 7.82 Å². The number of aliphatic hydroxyl groups is 1. The Kier molecular flexibility index (Phi) is 11.4. The van der Waals surface area contributed by atoms with Crippen LogP contribution in [-0.4, -0.2) is 40.2 Å². The average Bonchev–Trinajstić information content (AvgIpc) is 2.79. The van der Waals surface area contributed by atoms with E-state index in [9.17, 15) is 14.5 Å². The number of ether oxygens (including phenoxy) is 1. The molecule has 0 aromatic heterocycles. The van der Waals surface area contributed by atoms with Crippen LogP contribution in [0.4, 0.5) is 11.4 Å². The van der Waals surface area contributed by atoms with Crippen LogP contribution in [0.1, 0.15) is 43.7 Å². The Morgan fingerprint density at radius 3 is 1.91 bits per heavy atom. The molecule has 9 nitrogen and oxygen atoms in total. The number of hydrogen-bond acceptors (Lipinski definition) is 7. The maximum absolute atomic E-state index is 11.7. The van der Waals surface area contributed by atoms with Gasteiger partial charge in [0.05, 0.1) is 18.0 Å². The van der Waals surface area contributed by atoms with Crippen LogP contribution in [0.3, 0.4) is 0 Å². The van der Waals surface area contributed by atoms with Crippen LogP contribution in [0.15, 0.2) is 58.8 Å². The minimum atomic E-state index is -4.66. The molecule has 10 heteroatoms. The number of phosphoric acid groups is 1. The van der Waals surface area contributed by atoms with Crippen LogP contribution in [0.25, 0.3) is 0 Å². The minimum Gasteiger partial charge on any atom is -0.463 e. The fraction of sp³-hybridized carbons (Fsp3) is 0.435. The smallest absolute Gasteiger partial charge is 0.463 e. The van der Waals surface area contributed by atoms with Crippen LogP contribution in [0.2, 0.25) is 0 Å². The van der Waals surface area contributed by atoms with Gasteiger partial charge in [-0.3, -0.25) is 9.32 Å². The summed E-state index contributed by atoms with van der Waals surface area (Å²) in [5.41, 5.74) is 3.88. The number of aliphatic hydroxyl groups excluding tert-OH is 1. The van der Waals surface area contributed by atoms with Crippen LogP contribution in [0, 0.1) is 0 Å². The van der Waals surface area contributed by atoms with Gasteiger partial charge in [0.15, 0.2) is 0 Å². The fourth-order valence-corrected chi connectivity index (χ4v) is 3.25. The number of nitrogens with zero attached hydrogens (tertiary/aromatic N) is 2. The molecule has 1 atom stereocenters. The van der Waals surface area contributed by atoms with Crippen molar-refractivity contribution in [2.75, 3.05) is 13.2 Å². The molecule has 0 bridgehead atoms. The predicted octanol–water partition coefficient (Wildman–Crippen LogP) is 4.78. The molecule has 0 radical (unpaired) electrons. The first-order valence-electron chi connectivity index (χ1n) is 10.9. The highest BCUT2D eigenvalue weighted by Gasteiger charge is 2.17. The summed E-state index contributed by atoms with van der Waals surface area (Å²) in [5, 5.41) is 18.0. The van der Waals surface area contributed by atoms with E-state index in [1.807, 2.05) is 36.4 Å². The molecule has 2 aromatic carbocycles. The van der Waals surface area contributed by atoms with Crippen LogP contribution < -0.4 is 0 Å². The topological polar surface area (TPSA) is 138 Å². The van der Waals surface area contributed by atoms with Crippen molar-refractivity contribution in [2.45, 2.75) is 51.6 Å². The van der Waals surface area contributed by atoms with Gasteiger partial charge in [0.1, 0.15) is 12.7 Å². The second kappa shape index (κ2) is 14.0. The van der Waals surface area contributed by atoms with Crippen molar-refractivity contribution < 1.29 is 33.5 Å². The summed E-state index contributed by atoms with van der Waals surface area (Å²) in [6, 6.07) is 15.7. The zero-order valence-corrected chi connectivity index (χ0v) is 19.6. The van der Waals surface area contributed by atoms with Crippen LogP contribution in [0.5, 0.6) is 0 Å². The lowest BCUT2D eigenvalue weighted by atomic mass is 10.1. The number of phosphoric ester groups is 1. The van der Waals surface area contributed by atoms with Gasteiger partial charge in [-0.25, -0.2) is 4.57 Å². The monoisotopic (exact) mass is 478 g/mol. The predicted molar refractivity (Wildman–Crippen MR) is 124 cm³/mol. The van der Waals surface area contributed by atoms with E-state index in [0.29, 0.717) is 12.8 Å². The number of benzene rings is 2. The van der Waals surface area contributed by atoms with Gasteiger partial charge >= 0.3 is 13.8 Å². The molecule has 0 saturated carbocycles. The maximum Gasteiger partial charge on any atom is 0.469 e. The Morgan fingerprint density at radius 1 is 0.909 bits per heavy atom. The van der Waals surface area contributed by atoms with Gasteiger partial charge in [0.25, 0.3) is 0 Å². The highest BCUT2D eigenvalue weighted by Crippen LogP contribution is 2.35. The molecule has 33 heavy (non-hydrogen) atoms. The van der Waals surface area contributed by atoms with Crippen molar-refractivity contribution in [3.63, 3.8) is 0 Å². The molecule has 0 aliphatic rings. The normalized spacial score (nSPS) is 12.7. The van der Waals surface area contributed by atoms with E-state index < -0.39 is 26.5 Å². The molecule has 2 aromatic rings. The summed E-state index contributed by atoms with van der Waals surface area (Å²) in [7, 11) is -4.66. The summed E-state index contributed by atoms with van der Waals surface area (Å²) in [6.07, 6.45) is 3.49. The Balaban J connectivity index is 1.69. The van der Waals surface area contributed by atoms with Gasteiger partial charge < -0.3 is 19.6 Å². The Labute approximate surface area is 193 Å². The highest BCUT2D eigenvalue weighted by molar-refractivity contribution is 7.46. The number of rotatable bonds is 14. The van der Waals surface area contributed by atoms with E-state index >= 15 is 0 Å². The SMILES string of the molecule is CCCCc1ccc(N=Nc2ccc(CCCC(=O)OC[C@@H](O)COP(=O)(O)O)cc2)cc1. The van der Waals surface area contributed by atoms with E-state index in [1.165, 1.54) is 18.4 Å². The number of hydrogen-bond donors (Lipinski definition) is 3. The standard InChI is InChI=1S/C23H31N2O7P/c1-2-3-5-18-8-12-20(13-9-18)24-25-21-14-10-19(11-15-21)6-4-7-23(27)31-16-22(26)17-32-33(28,29)30/h8-15,22,26H,2-7,16-17H2,1H3,(H2,28,29,30)/t22-/m1/s1. The molecular weight excluding hydrogens is 447 g/mol. The Bertz CT molecular complexity index is 927. The molecular formula is C23H31N2O7P. The molecule has 0 aliphatic carbocycles. The second-order valence-corrected chi connectivity index (χ2v) is 8.85. The molecule has 2 rings (SSSR count). The molecule has 0 amide bonds. The zero-order chi connectivity index (χ0) is 24.1. The molecule has 0 heterocycles. The van der Waals surface area contributed by atoms with Gasteiger partial charge in [-0.2, -0.15) is 10.2 Å².